The summed E-state index contributed by atoms with van der Waals surface area (Å²) in [4.78, 5) is 28.6. The van der Waals surface area contributed by atoms with Gasteiger partial charge < -0.3 is 15.0 Å². The van der Waals surface area contributed by atoms with Crippen molar-refractivity contribution < 1.29 is 22.7 Å². The minimum Gasteiger partial charge on any atom is -0.494 e. The van der Waals surface area contributed by atoms with Crippen LogP contribution in [0, 0.1) is 0 Å². The smallest absolute Gasteiger partial charge is 0.264 e. The standard InChI is InChI=1S/C30H34BrCl2N3O5S/c1-6-41-24-12-10-23(11-13-24)36(42(39,40)25-14-8-22(31)9-15-25)19-28(37)35(20(2)29(38)34-30(3,4)5)18-21-7-16-26(32)27(33)17-21/h7-17,20H,6,18-19H2,1-5H3,(H,34,38). The Morgan fingerprint density at radius 1 is 0.976 bits per heavy atom. The van der Waals surface area contributed by atoms with Crippen molar-refractivity contribution in [2.75, 3.05) is 17.5 Å². The molecule has 0 spiro atoms. The Bertz CT molecular complexity index is 1510. The summed E-state index contributed by atoms with van der Waals surface area (Å²) in [5, 5.41) is 3.53. The number of sulfonamides is 1. The quantitative estimate of drug-likeness (QED) is 0.241. The maximum atomic E-state index is 14.0. The van der Waals surface area contributed by atoms with Crippen LogP contribution in [0.5, 0.6) is 5.75 Å². The lowest BCUT2D eigenvalue weighted by atomic mass is 10.1. The first-order valence-corrected chi connectivity index (χ1v) is 16.2. The van der Waals surface area contributed by atoms with Crippen LogP contribution in [-0.2, 0) is 26.2 Å². The maximum absolute atomic E-state index is 14.0. The van der Waals surface area contributed by atoms with Gasteiger partial charge in [0, 0.05) is 16.6 Å². The first-order valence-electron chi connectivity index (χ1n) is 13.2. The SMILES string of the molecule is CCOc1ccc(N(CC(=O)N(Cc2ccc(Cl)c(Cl)c2)C(C)C(=O)NC(C)(C)C)S(=O)(=O)c2ccc(Br)cc2)cc1. The highest BCUT2D eigenvalue weighted by molar-refractivity contribution is 9.10. The number of ether oxygens (including phenoxy) is 1. The Morgan fingerprint density at radius 3 is 2.14 bits per heavy atom. The fraction of sp³-hybridized carbons (Fsp3) is 0.333. The van der Waals surface area contributed by atoms with Crippen LogP contribution in [0.25, 0.3) is 0 Å². The van der Waals surface area contributed by atoms with Crippen molar-refractivity contribution >= 4 is 66.7 Å². The molecular formula is C30H34BrCl2N3O5S. The number of nitrogens with one attached hydrogen (secondary N) is 1. The summed E-state index contributed by atoms with van der Waals surface area (Å²) in [6.45, 7) is 8.81. The third-order valence-electron chi connectivity index (χ3n) is 6.12. The third-order valence-corrected chi connectivity index (χ3v) is 9.17. The lowest BCUT2D eigenvalue weighted by Crippen LogP contribution is -2.54. The van der Waals surface area contributed by atoms with E-state index in [2.05, 4.69) is 21.2 Å². The molecule has 0 fully saturated rings. The highest BCUT2D eigenvalue weighted by atomic mass is 79.9. The Labute approximate surface area is 266 Å². The number of hydrogen-bond donors (Lipinski definition) is 1. The number of amides is 2. The van der Waals surface area contributed by atoms with Gasteiger partial charge in [0.2, 0.25) is 11.8 Å². The summed E-state index contributed by atoms with van der Waals surface area (Å²) < 4.78 is 35.1. The zero-order valence-corrected chi connectivity index (χ0v) is 27.9. The van der Waals surface area contributed by atoms with Gasteiger partial charge >= 0.3 is 0 Å². The van der Waals surface area contributed by atoms with Crippen LogP contribution in [0.2, 0.25) is 10.0 Å². The maximum Gasteiger partial charge on any atom is 0.264 e. The lowest BCUT2D eigenvalue weighted by Gasteiger charge is -2.33. The topological polar surface area (TPSA) is 96.0 Å². The van der Waals surface area contributed by atoms with Crippen LogP contribution >= 0.6 is 39.1 Å². The molecule has 0 aromatic heterocycles. The summed E-state index contributed by atoms with van der Waals surface area (Å²) >= 11 is 15.6. The van der Waals surface area contributed by atoms with Crippen molar-refractivity contribution in [3.63, 3.8) is 0 Å². The van der Waals surface area contributed by atoms with E-state index >= 15 is 0 Å². The second-order valence-electron chi connectivity index (χ2n) is 10.6. The molecule has 12 heteroatoms. The van der Waals surface area contributed by atoms with E-state index in [4.69, 9.17) is 27.9 Å². The van der Waals surface area contributed by atoms with Gasteiger partial charge in [-0.3, -0.25) is 13.9 Å². The number of nitrogens with zero attached hydrogens (tertiary/aromatic N) is 2. The molecule has 42 heavy (non-hydrogen) atoms. The predicted octanol–water partition coefficient (Wildman–Crippen LogP) is 6.68. The Morgan fingerprint density at radius 2 is 1.60 bits per heavy atom. The molecule has 0 aliphatic heterocycles. The van der Waals surface area contributed by atoms with Crippen molar-refractivity contribution in [3.05, 3.63) is 86.8 Å². The summed E-state index contributed by atoms with van der Waals surface area (Å²) in [7, 11) is -4.20. The molecule has 2 amide bonds. The van der Waals surface area contributed by atoms with Gasteiger partial charge in [-0.15, -0.1) is 0 Å². The average Bonchev–Trinajstić information content (AvgIpc) is 2.91. The van der Waals surface area contributed by atoms with Gasteiger partial charge in [0.25, 0.3) is 10.0 Å². The molecule has 0 aliphatic carbocycles. The van der Waals surface area contributed by atoms with E-state index in [9.17, 15) is 18.0 Å². The molecule has 0 saturated carbocycles. The molecular weight excluding hydrogens is 665 g/mol. The molecule has 0 aliphatic rings. The van der Waals surface area contributed by atoms with Crippen LogP contribution in [0.3, 0.4) is 0 Å². The average molecular weight is 699 g/mol. The van der Waals surface area contributed by atoms with E-state index in [1.807, 2.05) is 27.7 Å². The molecule has 0 heterocycles. The van der Waals surface area contributed by atoms with Gasteiger partial charge in [-0.1, -0.05) is 45.2 Å². The third kappa shape index (κ3) is 8.86. The molecule has 1 unspecified atom stereocenters. The lowest BCUT2D eigenvalue weighted by molar-refractivity contribution is -0.140. The van der Waals surface area contributed by atoms with Crippen LogP contribution in [-0.4, -0.2) is 49.9 Å². The number of benzene rings is 3. The number of carbonyl (C=O) groups excluding carboxylic acids is 2. The minimum atomic E-state index is -4.20. The van der Waals surface area contributed by atoms with E-state index in [-0.39, 0.29) is 23.0 Å². The van der Waals surface area contributed by atoms with Crippen LogP contribution in [0.4, 0.5) is 5.69 Å². The number of hydrogen-bond acceptors (Lipinski definition) is 5. The van der Waals surface area contributed by atoms with Gasteiger partial charge in [0.1, 0.15) is 18.3 Å². The Hall–Kier alpha value is -2.79. The summed E-state index contributed by atoms with van der Waals surface area (Å²) in [5.74, 6) is -0.422. The molecule has 3 rings (SSSR count). The van der Waals surface area contributed by atoms with E-state index in [1.54, 1.807) is 61.5 Å². The van der Waals surface area contributed by atoms with E-state index in [0.29, 0.717) is 32.4 Å². The van der Waals surface area contributed by atoms with Gasteiger partial charge in [0.15, 0.2) is 0 Å². The fourth-order valence-corrected chi connectivity index (χ4v) is 6.03. The zero-order valence-electron chi connectivity index (χ0n) is 24.0. The number of carbonyl (C=O) groups is 2. The molecule has 1 N–H and O–H groups in total. The van der Waals surface area contributed by atoms with Crippen LogP contribution in [0.15, 0.2) is 76.1 Å². The van der Waals surface area contributed by atoms with Gasteiger partial charge in [-0.2, -0.15) is 0 Å². The van der Waals surface area contributed by atoms with Crippen molar-refractivity contribution in [1.29, 1.82) is 0 Å². The summed E-state index contributed by atoms with van der Waals surface area (Å²) in [6.07, 6.45) is 0. The second-order valence-corrected chi connectivity index (χ2v) is 14.2. The molecule has 3 aromatic rings. The van der Waals surface area contributed by atoms with Gasteiger partial charge in [-0.05, 0) is 101 Å². The molecule has 0 bridgehead atoms. The molecule has 1 atom stereocenters. The fourth-order valence-electron chi connectivity index (χ4n) is 4.03. The van der Waals surface area contributed by atoms with Crippen LogP contribution in [0.1, 0.15) is 40.2 Å². The monoisotopic (exact) mass is 697 g/mol. The molecule has 8 nitrogen and oxygen atoms in total. The molecule has 0 radical (unpaired) electrons. The first-order chi connectivity index (χ1) is 19.6. The predicted molar refractivity (Wildman–Crippen MR) is 171 cm³/mol. The van der Waals surface area contributed by atoms with Gasteiger partial charge in [0.05, 0.1) is 27.2 Å². The first kappa shape index (κ1) is 33.7. The number of anilines is 1. The number of halogens is 3. The number of rotatable bonds is 11. The van der Waals surface area contributed by atoms with Crippen molar-refractivity contribution in [1.82, 2.24) is 10.2 Å². The van der Waals surface area contributed by atoms with E-state index in [1.165, 1.54) is 17.0 Å². The normalized spacial score (nSPS) is 12.4. The largest absolute Gasteiger partial charge is 0.494 e. The van der Waals surface area contributed by atoms with Gasteiger partial charge in [-0.25, -0.2) is 8.42 Å². The summed E-state index contributed by atoms with van der Waals surface area (Å²) in [6, 6.07) is 16.5. The van der Waals surface area contributed by atoms with E-state index in [0.717, 1.165) is 4.31 Å². The van der Waals surface area contributed by atoms with Crippen molar-refractivity contribution in [2.24, 2.45) is 0 Å². The minimum absolute atomic E-state index is 0.00180. The molecule has 0 saturated heterocycles. The Kier molecular flexibility index (Phi) is 11.3. The van der Waals surface area contributed by atoms with Crippen LogP contribution < -0.4 is 14.4 Å². The second kappa shape index (κ2) is 14.1. The zero-order chi connectivity index (χ0) is 31.2. The van der Waals surface area contributed by atoms with Crippen molar-refractivity contribution in [2.45, 2.75) is 57.6 Å². The molecule has 226 valence electrons. The highest BCUT2D eigenvalue weighted by Gasteiger charge is 2.33. The highest BCUT2D eigenvalue weighted by Crippen LogP contribution is 2.28. The summed E-state index contributed by atoms with van der Waals surface area (Å²) in [5.41, 5.74) is 0.329. The Balaban J connectivity index is 2.05. The van der Waals surface area contributed by atoms with Crippen molar-refractivity contribution in [3.8, 4) is 5.75 Å². The van der Waals surface area contributed by atoms with E-state index < -0.39 is 34.1 Å². The molecule has 3 aromatic carbocycles.